The van der Waals surface area contributed by atoms with Gasteiger partial charge in [-0.1, -0.05) is 55.5 Å². The van der Waals surface area contributed by atoms with E-state index < -0.39 is 21.0 Å². The van der Waals surface area contributed by atoms with Gasteiger partial charge in [-0.05, 0) is 61.6 Å². The molecule has 0 saturated heterocycles. The molecule has 0 aromatic heterocycles. The number of thioether (sulfide) groups is 1. The molecule has 0 spiro atoms. The second-order valence-corrected chi connectivity index (χ2v) is 14.2. The van der Waals surface area contributed by atoms with Crippen molar-refractivity contribution in [3.8, 4) is 0 Å². The first-order chi connectivity index (χ1) is 17.0. The Bertz CT molecular complexity index is 1160. The van der Waals surface area contributed by atoms with E-state index in [4.69, 9.17) is 9.29 Å². The van der Waals surface area contributed by atoms with Crippen LogP contribution in [0.4, 0.5) is 11.4 Å². The van der Waals surface area contributed by atoms with Gasteiger partial charge in [0, 0.05) is 27.0 Å². The minimum atomic E-state index is -4.98. The SMILES string of the molecule is CCCCC1(CCCC)CN(c2ccc(Br)cc2)c2cc(SC)ccc2S(=O)(O)(O/C=C\C(=O)O)C1. The number of carboxylic acid groups (broad SMARTS) is 1. The zero-order valence-electron chi connectivity index (χ0n) is 21.1. The lowest BCUT2D eigenvalue weighted by molar-refractivity contribution is -0.131. The molecular weight excluding hydrogens is 562 g/mol. The highest BCUT2D eigenvalue weighted by molar-refractivity contribution is 9.10. The van der Waals surface area contributed by atoms with E-state index in [2.05, 4.69) is 34.7 Å². The van der Waals surface area contributed by atoms with E-state index in [1.165, 1.54) is 0 Å². The standard InChI is InChI=1S/C27H36BrNO5S2/c1-4-6-15-27(16-7-5-2)19-29(22-10-8-21(28)9-11-22)24-18-23(35-3)12-13-25(24)36(32,33,20-27)34-17-14-26(30)31/h8-14,17-18H,4-7,15-16,19-20H2,1-3H3,(H,30,31)(H,32,33)/b17-14-. The fourth-order valence-electron chi connectivity index (χ4n) is 4.93. The highest BCUT2D eigenvalue weighted by atomic mass is 79.9. The highest BCUT2D eigenvalue weighted by Gasteiger charge is 2.51. The fraction of sp³-hybridized carbons (Fsp3) is 0.444. The van der Waals surface area contributed by atoms with E-state index in [1.807, 2.05) is 42.7 Å². The predicted octanol–water partition coefficient (Wildman–Crippen LogP) is 7.87. The largest absolute Gasteiger partial charge is 0.478 e. The second-order valence-electron chi connectivity index (χ2n) is 9.47. The maximum atomic E-state index is 14.9. The van der Waals surface area contributed by atoms with Gasteiger partial charge in [-0.2, -0.15) is 0 Å². The van der Waals surface area contributed by atoms with E-state index in [0.717, 1.165) is 65.9 Å². The number of hydrogen-bond acceptors (Lipinski definition) is 5. The van der Waals surface area contributed by atoms with Crippen molar-refractivity contribution in [1.29, 1.82) is 0 Å². The number of anilines is 2. The molecule has 2 aromatic carbocycles. The molecule has 0 aliphatic carbocycles. The van der Waals surface area contributed by atoms with Crippen LogP contribution in [-0.4, -0.2) is 38.4 Å². The first-order valence-corrected chi connectivity index (χ1v) is 16.3. The minimum Gasteiger partial charge on any atom is -0.478 e. The van der Waals surface area contributed by atoms with E-state index in [1.54, 1.807) is 17.8 Å². The number of carboxylic acids is 1. The average molecular weight is 599 g/mol. The molecule has 9 heteroatoms. The topological polar surface area (TPSA) is 87.1 Å². The minimum absolute atomic E-state index is 0.0905. The van der Waals surface area contributed by atoms with Gasteiger partial charge in [0.15, 0.2) is 0 Å². The van der Waals surface area contributed by atoms with Crippen molar-refractivity contribution in [3.63, 3.8) is 0 Å². The molecule has 1 aliphatic heterocycles. The Kier molecular flexibility index (Phi) is 9.36. The van der Waals surface area contributed by atoms with E-state index in [-0.39, 0.29) is 10.6 Å². The van der Waals surface area contributed by atoms with E-state index in [9.17, 15) is 13.6 Å². The van der Waals surface area contributed by atoms with Gasteiger partial charge >= 0.3 is 5.97 Å². The summed E-state index contributed by atoms with van der Waals surface area (Å²) < 4.78 is 33.6. The summed E-state index contributed by atoms with van der Waals surface area (Å²) in [5.41, 5.74) is 1.02. The van der Waals surface area contributed by atoms with Crippen LogP contribution >= 0.6 is 27.7 Å². The van der Waals surface area contributed by atoms with Gasteiger partial charge in [0.1, 0.15) is 15.9 Å². The number of fused-ring (bicyclic) bond motifs is 1. The van der Waals surface area contributed by atoms with Gasteiger partial charge in [-0.15, -0.1) is 11.8 Å². The van der Waals surface area contributed by atoms with Crippen LogP contribution in [0.15, 0.2) is 69.1 Å². The molecule has 1 heterocycles. The van der Waals surface area contributed by atoms with Crippen molar-refractivity contribution >= 4 is 54.7 Å². The van der Waals surface area contributed by atoms with Crippen LogP contribution in [0.2, 0.25) is 0 Å². The van der Waals surface area contributed by atoms with Gasteiger partial charge in [0.05, 0.1) is 22.4 Å². The van der Waals surface area contributed by atoms with Gasteiger partial charge in [-0.25, -0.2) is 9.00 Å². The molecule has 3 rings (SSSR count). The number of aliphatic carboxylic acids is 1. The normalized spacial score (nSPS) is 19.1. The summed E-state index contributed by atoms with van der Waals surface area (Å²) in [5.74, 6) is -1.33. The molecule has 36 heavy (non-hydrogen) atoms. The molecule has 0 saturated carbocycles. The van der Waals surface area contributed by atoms with Crippen molar-refractivity contribution in [1.82, 2.24) is 0 Å². The Morgan fingerprint density at radius 3 is 2.36 bits per heavy atom. The van der Waals surface area contributed by atoms with E-state index in [0.29, 0.717) is 12.2 Å². The van der Waals surface area contributed by atoms with Crippen LogP contribution < -0.4 is 4.90 Å². The third-order valence-electron chi connectivity index (χ3n) is 6.67. The molecule has 198 valence electrons. The van der Waals surface area contributed by atoms with Crippen molar-refractivity contribution in [2.75, 3.05) is 23.5 Å². The Morgan fingerprint density at radius 2 is 1.81 bits per heavy atom. The van der Waals surface area contributed by atoms with Crippen LogP contribution in [-0.2, 0) is 18.6 Å². The number of benzene rings is 2. The smallest absolute Gasteiger partial charge is 0.331 e. The number of halogens is 1. The van der Waals surface area contributed by atoms with Crippen molar-refractivity contribution in [2.45, 2.75) is 62.2 Å². The molecule has 1 aliphatic rings. The van der Waals surface area contributed by atoms with Gasteiger partial charge < -0.3 is 14.2 Å². The summed E-state index contributed by atoms with van der Waals surface area (Å²) >= 11 is 5.07. The zero-order valence-corrected chi connectivity index (χ0v) is 24.3. The Morgan fingerprint density at radius 1 is 1.17 bits per heavy atom. The quantitative estimate of drug-likeness (QED) is 0.155. The molecule has 0 fully saturated rings. The Labute approximate surface area is 227 Å². The summed E-state index contributed by atoms with van der Waals surface area (Å²) in [5, 5.41) is 9.12. The molecule has 2 N–H and O–H groups in total. The average Bonchev–Trinajstić information content (AvgIpc) is 2.93. The number of hydrogen-bond donors (Lipinski definition) is 2. The van der Waals surface area contributed by atoms with E-state index >= 15 is 0 Å². The predicted molar refractivity (Wildman–Crippen MR) is 153 cm³/mol. The lowest BCUT2D eigenvalue weighted by Crippen LogP contribution is -2.47. The molecule has 0 unspecified atom stereocenters. The second kappa shape index (κ2) is 11.7. The molecule has 0 bridgehead atoms. The van der Waals surface area contributed by atoms with Crippen LogP contribution in [0.25, 0.3) is 0 Å². The number of carbonyl (C=O) groups is 1. The van der Waals surface area contributed by atoms with Crippen LogP contribution in [0, 0.1) is 5.41 Å². The summed E-state index contributed by atoms with van der Waals surface area (Å²) in [6.45, 7) is 4.80. The zero-order chi connectivity index (χ0) is 26.4. The van der Waals surface area contributed by atoms with Crippen molar-refractivity contribution in [3.05, 3.63) is 59.3 Å². The summed E-state index contributed by atoms with van der Waals surface area (Å²) in [6.07, 6.45) is 8.89. The third kappa shape index (κ3) is 6.54. The number of unbranched alkanes of at least 4 members (excludes halogenated alkanes) is 2. The molecular formula is C27H36BrNO5S2. The fourth-order valence-corrected chi connectivity index (χ4v) is 8.62. The summed E-state index contributed by atoms with van der Waals surface area (Å²) in [4.78, 5) is 14.5. The lowest BCUT2D eigenvalue weighted by Gasteiger charge is -2.43. The maximum Gasteiger partial charge on any atom is 0.331 e. The molecule has 0 radical (unpaired) electrons. The summed E-state index contributed by atoms with van der Waals surface area (Å²) in [6, 6.07) is 13.4. The van der Waals surface area contributed by atoms with Crippen LogP contribution in [0.5, 0.6) is 0 Å². The third-order valence-corrected chi connectivity index (χ3v) is 10.8. The lowest BCUT2D eigenvalue weighted by atomic mass is 9.79. The van der Waals surface area contributed by atoms with Crippen molar-refractivity contribution in [2.24, 2.45) is 5.41 Å². The number of rotatable bonds is 11. The van der Waals surface area contributed by atoms with Gasteiger partial charge in [0.2, 0.25) is 0 Å². The summed E-state index contributed by atoms with van der Waals surface area (Å²) in [7, 11) is -4.98. The van der Waals surface area contributed by atoms with Gasteiger partial charge in [0.25, 0.3) is 0 Å². The molecule has 2 aromatic rings. The van der Waals surface area contributed by atoms with Crippen LogP contribution in [0.1, 0.15) is 52.4 Å². The number of nitrogens with zero attached hydrogens (tertiary/aromatic N) is 1. The van der Waals surface area contributed by atoms with Crippen molar-refractivity contribution < 1.29 is 22.8 Å². The Hall–Kier alpha value is -1.81. The first kappa shape index (κ1) is 28.8. The van der Waals surface area contributed by atoms with Gasteiger partial charge in [-0.3, -0.25) is 4.55 Å². The highest BCUT2D eigenvalue weighted by Crippen LogP contribution is 2.53. The molecule has 0 atom stereocenters. The Balaban J connectivity index is 2.32. The molecule has 0 amide bonds. The monoisotopic (exact) mass is 597 g/mol. The molecule has 6 nitrogen and oxygen atoms in total. The maximum absolute atomic E-state index is 14.9. The first-order valence-electron chi connectivity index (χ1n) is 12.2. The van der Waals surface area contributed by atoms with Crippen LogP contribution in [0.3, 0.4) is 0 Å².